The molecular formula is C11H19N3O. The van der Waals surface area contributed by atoms with Gasteiger partial charge in [-0.2, -0.15) is 0 Å². The topological polar surface area (TPSA) is 75.5 Å². The number of likely N-dealkylation sites (N-methyl/N-ethyl adjacent to an activating group) is 1. The molecule has 0 heterocycles. The quantitative estimate of drug-likeness (QED) is 0.641. The summed E-state index contributed by atoms with van der Waals surface area (Å²) in [7, 11) is 1.94. The average molecular weight is 209 g/mol. The van der Waals surface area contributed by atoms with E-state index in [-0.39, 0.29) is 12.6 Å². The summed E-state index contributed by atoms with van der Waals surface area (Å²) in [6.07, 6.45) is 0. The van der Waals surface area contributed by atoms with Gasteiger partial charge in [0.1, 0.15) is 0 Å². The third-order valence-corrected chi connectivity index (χ3v) is 2.45. The second kappa shape index (κ2) is 5.70. The molecule has 1 aromatic rings. The van der Waals surface area contributed by atoms with Crippen molar-refractivity contribution >= 4 is 5.69 Å². The normalized spacial score (nSPS) is 12.5. The van der Waals surface area contributed by atoms with Gasteiger partial charge in [0.25, 0.3) is 0 Å². The Morgan fingerprint density at radius 3 is 2.40 bits per heavy atom. The highest BCUT2D eigenvalue weighted by Crippen LogP contribution is 2.16. The lowest BCUT2D eigenvalue weighted by molar-refractivity contribution is 0.304. The first-order valence-corrected chi connectivity index (χ1v) is 5.06. The Kier molecular flexibility index (Phi) is 4.55. The zero-order chi connectivity index (χ0) is 11.3. The second-order valence-corrected chi connectivity index (χ2v) is 3.58. The molecule has 0 bridgehead atoms. The van der Waals surface area contributed by atoms with Crippen LogP contribution in [-0.2, 0) is 0 Å². The summed E-state index contributed by atoms with van der Waals surface area (Å²) in [5, 5.41) is 8.80. The molecule has 0 amide bonds. The number of hydrogen-bond donors (Lipinski definition) is 3. The maximum Gasteiger partial charge on any atom is 0.0606 e. The summed E-state index contributed by atoms with van der Waals surface area (Å²) in [4.78, 5) is 1.98. The largest absolute Gasteiger partial charge is 0.395 e. The number of hydrogen-bond acceptors (Lipinski definition) is 4. The summed E-state index contributed by atoms with van der Waals surface area (Å²) in [6.45, 7) is 1.23. The molecule has 0 fully saturated rings. The molecule has 0 saturated carbocycles. The third kappa shape index (κ3) is 3.20. The first kappa shape index (κ1) is 12.0. The number of benzene rings is 1. The number of nitrogens with zero attached hydrogens (tertiary/aromatic N) is 1. The van der Waals surface area contributed by atoms with Crippen LogP contribution in [0.25, 0.3) is 0 Å². The Morgan fingerprint density at radius 2 is 1.93 bits per heavy atom. The van der Waals surface area contributed by atoms with Crippen LogP contribution in [0, 0.1) is 0 Å². The maximum atomic E-state index is 8.80. The van der Waals surface area contributed by atoms with Crippen LogP contribution < -0.4 is 16.4 Å². The molecule has 0 unspecified atom stereocenters. The first-order valence-electron chi connectivity index (χ1n) is 5.06. The Balaban J connectivity index is 2.71. The van der Waals surface area contributed by atoms with E-state index < -0.39 is 0 Å². The smallest absolute Gasteiger partial charge is 0.0606 e. The van der Waals surface area contributed by atoms with Crippen molar-refractivity contribution in [2.75, 3.05) is 31.6 Å². The molecule has 0 saturated heterocycles. The predicted molar refractivity (Wildman–Crippen MR) is 62.8 cm³/mol. The summed E-state index contributed by atoms with van der Waals surface area (Å²) < 4.78 is 0. The van der Waals surface area contributed by atoms with Crippen molar-refractivity contribution in [2.45, 2.75) is 6.04 Å². The van der Waals surface area contributed by atoms with E-state index in [0.29, 0.717) is 13.1 Å². The Labute approximate surface area is 90.5 Å². The second-order valence-electron chi connectivity index (χ2n) is 3.58. The van der Waals surface area contributed by atoms with Gasteiger partial charge < -0.3 is 21.5 Å². The van der Waals surface area contributed by atoms with Crippen molar-refractivity contribution in [1.82, 2.24) is 0 Å². The van der Waals surface area contributed by atoms with Crippen LogP contribution in [0.1, 0.15) is 11.6 Å². The standard InChI is InChI=1S/C11H19N3O/c1-14(6-7-15)10-4-2-9(3-5-10)11(13)8-12/h2-5,11,15H,6-8,12-13H2,1H3/t11-/m0/s1. The SMILES string of the molecule is CN(CCO)c1ccc([C@@H](N)CN)cc1. The predicted octanol–water partition coefficient (Wildman–Crippen LogP) is 0.0736. The molecule has 5 N–H and O–H groups in total. The van der Waals surface area contributed by atoms with Gasteiger partial charge in [-0.05, 0) is 17.7 Å². The average Bonchev–Trinajstić information content (AvgIpc) is 2.28. The Hall–Kier alpha value is -1.10. The molecule has 1 aromatic carbocycles. The van der Waals surface area contributed by atoms with Crippen LogP contribution in [0.15, 0.2) is 24.3 Å². The van der Waals surface area contributed by atoms with Crippen LogP contribution in [0.2, 0.25) is 0 Å². The van der Waals surface area contributed by atoms with E-state index in [1.54, 1.807) is 0 Å². The molecule has 0 spiro atoms. The van der Waals surface area contributed by atoms with Crippen LogP contribution in [0.5, 0.6) is 0 Å². The molecule has 1 atom stereocenters. The highest BCUT2D eigenvalue weighted by Gasteiger charge is 2.04. The lowest BCUT2D eigenvalue weighted by atomic mass is 10.1. The molecule has 4 nitrogen and oxygen atoms in total. The number of anilines is 1. The highest BCUT2D eigenvalue weighted by atomic mass is 16.3. The molecule has 0 aliphatic heterocycles. The van der Waals surface area contributed by atoms with Crippen LogP contribution >= 0.6 is 0 Å². The molecule has 84 valence electrons. The summed E-state index contributed by atoms with van der Waals surface area (Å²) >= 11 is 0. The van der Waals surface area contributed by atoms with Crippen molar-refractivity contribution < 1.29 is 5.11 Å². The molecular weight excluding hydrogens is 190 g/mol. The zero-order valence-electron chi connectivity index (χ0n) is 9.06. The van der Waals surface area contributed by atoms with Gasteiger partial charge in [-0.15, -0.1) is 0 Å². The number of aliphatic hydroxyl groups excluding tert-OH is 1. The lowest BCUT2D eigenvalue weighted by Crippen LogP contribution is -2.22. The van der Waals surface area contributed by atoms with Gasteiger partial charge in [-0.3, -0.25) is 0 Å². The molecule has 1 rings (SSSR count). The van der Waals surface area contributed by atoms with Crippen molar-refractivity contribution in [3.8, 4) is 0 Å². The lowest BCUT2D eigenvalue weighted by Gasteiger charge is -2.18. The zero-order valence-corrected chi connectivity index (χ0v) is 9.06. The van der Waals surface area contributed by atoms with Gasteiger partial charge in [0.05, 0.1) is 6.61 Å². The number of aliphatic hydroxyl groups is 1. The minimum Gasteiger partial charge on any atom is -0.395 e. The van der Waals surface area contributed by atoms with Gasteiger partial charge in [0, 0.05) is 31.9 Å². The fraction of sp³-hybridized carbons (Fsp3) is 0.455. The third-order valence-electron chi connectivity index (χ3n) is 2.45. The van der Waals surface area contributed by atoms with Gasteiger partial charge in [0.15, 0.2) is 0 Å². The molecule has 0 aliphatic rings. The monoisotopic (exact) mass is 209 g/mol. The Bertz CT molecular complexity index is 286. The van der Waals surface area contributed by atoms with E-state index in [9.17, 15) is 0 Å². The van der Waals surface area contributed by atoms with Gasteiger partial charge >= 0.3 is 0 Å². The molecule has 4 heteroatoms. The number of nitrogens with two attached hydrogens (primary N) is 2. The van der Waals surface area contributed by atoms with Gasteiger partial charge in [-0.1, -0.05) is 12.1 Å². The first-order chi connectivity index (χ1) is 7.19. The summed E-state index contributed by atoms with van der Waals surface area (Å²) in [6, 6.07) is 7.82. The summed E-state index contributed by atoms with van der Waals surface area (Å²) in [5.74, 6) is 0. The molecule has 0 radical (unpaired) electrons. The van der Waals surface area contributed by atoms with Gasteiger partial charge in [-0.25, -0.2) is 0 Å². The summed E-state index contributed by atoms with van der Waals surface area (Å²) in [5.41, 5.74) is 13.4. The van der Waals surface area contributed by atoms with Crippen molar-refractivity contribution in [3.63, 3.8) is 0 Å². The van der Waals surface area contributed by atoms with E-state index in [1.807, 2.05) is 36.2 Å². The molecule has 15 heavy (non-hydrogen) atoms. The van der Waals surface area contributed by atoms with E-state index >= 15 is 0 Å². The van der Waals surface area contributed by atoms with Crippen molar-refractivity contribution in [2.24, 2.45) is 11.5 Å². The molecule has 0 aromatic heterocycles. The van der Waals surface area contributed by atoms with E-state index in [4.69, 9.17) is 16.6 Å². The van der Waals surface area contributed by atoms with E-state index in [2.05, 4.69) is 0 Å². The van der Waals surface area contributed by atoms with Gasteiger partial charge in [0.2, 0.25) is 0 Å². The number of rotatable bonds is 5. The molecule has 0 aliphatic carbocycles. The highest BCUT2D eigenvalue weighted by molar-refractivity contribution is 5.47. The van der Waals surface area contributed by atoms with E-state index in [1.165, 1.54) is 0 Å². The minimum atomic E-state index is -0.0952. The van der Waals surface area contributed by atoms with Crippen LogP contribution in [0.4, 0.5) is 5.69 Å². The van der Waals surface area contributed by atoms with Crippen molar-refractivity contribution in [1.29, 1.82) is 0 Å². The minimum absolute atomic E-state index is 0.0952. The fourth-order valence-electron chi connectivity index (χ4n) is 1.39. The van der Waals surface area contributed by atoms with Crippen LogP contribution in [0.3, 0.4) is 0 Å². The maximum absolute atomic E-state index is 8.80. The fourth-order valence-corrected chi connectivity index (χ4v) is 1.39. The van der Waals surface area contributed by atoms with Crippen molar-refractivity contribution in [3.05, 3.63) is 29.8 Å². The van der Waals surface area contributed by atoms with Crippen LogP contribution in [-0.4, -0.2) is 31.9 Å². The Morgan fingerprint density at radius 1 is 1.33 bits per heavy atom. The van der Waals surface area contributed by atoms with E-state index in [0.717, 1.165) is 11.3 Å².